The van der Waals surface area contributed by atoms with Gasteiger partial charge in [0.05, 0.1) is 5.69 Å². The summed E-state index contributed by atoms with van der Waals surface area (Å²) in [4.78, 5) is 15.6. The number of hydrogen-bond donors (Lipinski definition) is 2. The number of hydrogen-bond acceptors (Lipinski definition) is 4. The summed E-state index contributed by atoms with van der Waals surface area (Å²) in [5, 5.41) is 16.8. The standard InChI is InChI=1S/C15H22N4O2/c1-9(2)7-12(15(20)21)17-14-13-8-11(10(3)4)18-19(13)6-5-16-14/h5-6,8-10,12H,7H2,1-4H3,(H,16,17)(H,20,21). The van der Waals surface area contributed by atoms with Crippen LogP contribution in [0.25, 0.3) is 5.52 Å². The second kappa shape index (κ2) is 6.11. The van der Waals surface area contributed by atoms with Crippen molar-refractivity contribution in [3.05, 3.63) is 24.2 Å². The molecule has 0 bridgehead atoms. The Bertz CT molecular complexity index is 634. The lowest BCUT2D eigenvalue weighted by Gasteiger charge is -2.17. The highest BCUT2D eigenvalue weighted by molar-refractivity contribution is 5.79. The van der Waals surface area contributed by atoms with E-state index in [9.17, 15) is 9.90 Å². The average molecular weight is 290 g/mol. The van der Waals surface area contributed by atoms with E-state index in [1.807, 2.05) is 19.9 Å². The first-order valence-corrected chi connectivity index (χ1v) is 7.22. The average Bonchev–Trinajstić information content (AvgIpc) is 2.82. The second-order valence-electron chi connectivity index (χ2n) is 5.99. The van der Waals surface area contributed by atoms with E-state index in [-0.39, 0.29) is 5.92 Å². The number of aromatic nitrogens is 3. The van der Waals surface area contributed by atoms with Crippen LogP contribution >= 0.6 is 0 Å². The van der Waals surface area contributed by atoms with Crippen LogP contribution in [0.4, 0.5) is 5.82 Å². The molecule has 2 N–H and O–H groups in total. The molecular weight excluding hydrogens is 268 g/mol. The third-order valence-electron chi connectivity index (χ3n) is 3.32. The first-order chi connectivity index (χ1) is 9.88. The molecule has 0 fully saturated rings. The number of carboxylic acids is 1. The Morgan fingerprint density at radius 3 is 2.67 bits per heavy atom. The van der Waals surface area contributed by atoms with Gasteiger partial charge < -0.3 is 10.4 Å². The summed E-state index contributed by atoms with van der Waals surface area (Å²) < 4.78 is 1.74. The molecule has 0 radical (unpaired) electrons. The molecule has 1 atom stereocenters. The SMILES string of the molecule is CC(C)CC(Nc1nccn2nc(C(C)C)cc12)C(=O)O. The number of nitrogens with one attached hydrogen (secondary N) is 1. The molecule has 0 saturated heterocycles. The molecule has 6 heteroatoms. The molecule has 0 saturated carbocycles. The summed E-state index contributed by atoms with van der Waals surface area (Å²) in [5.74, 6) is 0.291. The summed E-state index contributed by atoms with van der Waals surface area (Å²) >= 11 is 0. The Morgan fingerprint density at radius 2 is 2.10 bits per heavy atom. The zero-order valence-electron chi connectivity index (χ0n) is 12.9. The number of carboxylic acid groups (broad SMARTS) is 1. The summed E-state index contributed by atoms with van der Waals surface area (Å²) in [7, 11) is 0. The van der Waals surface area contributed by atoms with Crippen molar-refractivity contribution < 1.29 is 9.90 Å². The van der Waals surface area contributed by atoms with E-state index in [0.717, 1.165) is 11.2 Å². The molecule has 0 aliphatic carbocycles. The summed E-state index contributed by atoms with van der Waals surface area (Å²) in [6, 6.07) is 1.30. The van der Waals surface area contributed by atoms with Gasteiger partial charge in [0.1, 0.15) is 11.6 Å². The minimum absolute atomic E-state index is 0.287. The Labute approximate surface area is 124 Å². The molecule has 6 nitrogen and oxygen atoms in total. The zero-order valence-corrected chi connectivity index (χ0v) is 12.9. The predicted octanol–water partition coefficient (Wildman–Crippen LogP) is 2.76. The number of carbonyl (C=O) groups is 1. The van der Waals surface area contributed by atoms with Gasteiger partial charge in [-0.1, -0.05) is 27.7 Å². The molecule has 1 unspecified atom stereocenters. The summed E-state index contributed by atoms with van der Waals surface area (Å²) in [5.41, 5.74) is 1.76. The van der Waals surface area contributed by atoms with Crippen molar-refractivity contribution in [2.75, 3.05) is 5.32 Å². The van der Waals surface area contributed by atoms with Crippen molar-refractivity contribution >= 4 is 17.3 Å². The van der Waals surface area contributed by atoms with E-state index >= 15 is 0 Å². The van der Waals surface area contributed by atoms with Gasteiger partial charge in [-0.05, 0) is 24.3 Å². The Kier molecular flexibility index (Phi) is 4.45. The highest BCUT2D eigenvalue weighted by Gasteiger charge is 2.20. The van der Waals surface area contributed by atoms with Gasteiger partial charge in [0, 0.05) is 12.4 Å². The molecule has 0 aliphatic heterocycles. The van der Waals surface area contributed by atoms with Crippen LogP contribution in [0.15, 0.2) is 18.5 Å². The number of rotatable bonds is 6. The fraction of sp³-hybridized carbons (Fsp3) is 0.533. The van der Waals surface area contributed by atoms with Crippen LogP contribution in [0.3, 0.4) is 0 Å². The first kappa shape index (κ1) is 15.3. The number of nitrogens with zero attached hydrogens (tertiary/aromatic N) is 3. The van der Waals surface area contributed by atoms with E-state index < -0.39 is 12.0 Å². The van der Waals surface area contributed by atoms with Crippen LogP contribution < -0.4 is 5.32 Å². The molecule has 0 aliphatic rings. The Morgan fingerprint density at radius 1 is 1.38 bits per heavy atom. The number of anilines is 1. The van der Waals surface area contributed by atoms with Crippen molar-refractivity contribution in [1.29, 1.82) is 0 Å². The molecule has 2 heterocycles. The molecule has 2 rings (SSSR count). The minimum Gasteiger partial charge on any atom is -0.480 e. The largest absolute Gasteiger partial charge is 0.480 e. The van der Waals surface area contributed by atoms with Gasteiger partial charge >= 0.3 is 5.97 Å². The summed E-state index contributed by atoms with van der Waals surface area (Å²) in [6.07, 6.45) is 3.94. The molecular formula is C15H22N4O2. The van der Waals surface area contributed by atoms with Gasteiger partial charge in [-0.3, -0.25) is 0 Å². The predicted molar refractivity (Wildman–Crippen MR) is 81.6 cm³/mol. The van der Waals surface area contributed by atoms with Gasteiger partial charge in [-0.25, -0.2) is 14.3 Å². The molecule has 21 heavy (non-hydrogen) atoms. The second-order valence-corrected chi connectivity index (χ2v) is 5.99. The lowest BCUT2D eigenvalue weighted by Crippen LogP contribution is -2.31. The third-order valence-corrected chi connectivity index (χ3v) is 3.32. The third kappa shape index (κ3) is 3.51. The van der Waals surface area contributed by atoms with Crippen molar-refractivity contribution in [3.63, 3.8) is 0 Å². The van der Waals surface area contributed by atoms with Crippen LogP contribution in [0.5, 0.6) is 0 Å². The first-order valence-electron chi connectivity index (χ1n) is 7.22. The maximum Gasteiger partial charge on any atom is 0.326 e. The quantitative estimate of drug-likeness (QED) is 0.855. The van der Waals surface area contributed by atoms with E-state index in [2.05, 4.69) is 29.2 Å². The van der Waals surface area contributed by atoms with E-state index in [0.29, 0.717) is 18.2 Å². The normalized spacial score (nSPS) is 13.0. The molecule has 0 amide bonds. The molecule has 0 aromatic carbocycles. The van der Waals surface area contributed by atoms with Crippen molar-refractivity contribution in [2.45, 2.75) is 46.1 Å². The van der Waals surface area contributed by atoms with Crippen molar-refractivity contribution in [1.82, 2.24) is 14.6 Å². The zero-order chi connectivity index (χ0) is 15.6. The maximum atomic E-state index is 11.4. The van der Waals surface area contributed by atoms with Gasteiger partial charge in [-0.2, -0.15) is 5.10 Å². The smallest absolute Gasteiger partial charge is 0.326 e. The van der Waals surface area contributed by atoms with Gasteiger partial charge in [0.2, 0.25) is 0 Å². The van der Waals surface area contributed by atoms with Crippen molar-refractivity contribution in [3.8, 4) is 0 Å². The van der Waals surface area contributed by atoms with E-state index in [4.69, 9.17) is 0 Å². The van der Waals surface area contributed by atoms with E-state index in [1.54, 1.807) is 16.9 Å². The van der Waals surface area contributed by atoms with Crippen LogP contribution in [0.1, 0.15) is 45.7 Å². The monoisotopic (exact) mass is 290 g/mol. The lowest BCUT2D eigenvalue weighted by atomic mass is 10.0. The lowest BCUT2D eigenvalue weighted by molar-refractivity contribution is -0.138. The number of fused-ring (bicyclic) bond motifs is 1. The maximum absolute atomic E-state index is 11.4. The molecule has 114 valence electrons. The fourth-order valence-electron chi connectivity index (χ4n) is 2.19. The van der Waals surface area contributed by atoms with Crippen LogP contribution in [0, 0.1) is 5.92 Å². The molecule has 2 aromatic heterocycles. The van der Waals surface area contributed by atoms with Gasteiger partial charge in [0.15, 0.2) is 5.82 Å². The highest BCUT2D eigenvalue weighted by Crippen LogP contribution is 2.21. The molecule has 0 spiro atoms. The van der Waals surface area contributed by atoms with Crippen molar-refractivity contribution in [2.24, 2.45) is 5.92 Å². The minimum atomic E-state index is -0.865. The number of aliphatic carboxylic acids is 1. The summed E-state index contributed by atoms with van der Waals surface area (Å²) in [6.45, 7) is 8.14. The van der Waals surface area contributed by atoms with Gasteiger partial charge in [0.25, 0.3) is 0 Å². The fourth-order valence-corrected chi connectivity index (χ4v) is 2.19. The topological polar surface area (TPSA) is 79.5 Å². The van der Waals surface area contributed by atoms with E-state index in [1.165, 1.54) is 0 Å². The highest BCUT2D eigenvalue weighted by atomic mass is 16.4. The Hall–Kier alpha value is -2.11. The van der Waals surface area contributed by atoms with Crippen LogP contribution in [0.2, 0.25) is 0 Å². The molecule has 2 aromatic rings. The Balaban J connectivity index is 2.34. The van der Waals surface area contributed by atoms with Gasteiger partial charge in [-0.15, -0.1) is 0 Å². The van der Waals surface area contributed by atoms with Crippen LogP contribution in [-0.4, -0.2) is 31.7 Å². The van der Waals surface area contributed by atoms with Crippen LogP contribution in [-0.2, 0) is 4.79 Å².